The number of aliphatic imine (C=N–C) groups is 1. The van der Waals surface area contributed by atoms with Gasteiger partial charge in [0, 0.05) is 23.4 Å². The van der Waals surface area contributed by atoms with Gasteiger partial charge in [-0.1, -0.05) is 127 Å². The molecule has 4 aromatic carbocycles. The zero-order valence-corrected chi connectivity index (χ0v) is 33.6. The van der Waals surface area contributed by atoms with Crippen LogP contribution in [0.15, 0.2) is 102 Å². The summed E-state index contributed by atoms with van der Waals surface area (Å²) in [5, 5.41) is 0. The molecule has 2 aliphatic heterocycles. The van der Waals surface area contributed by atoms with Crippen molar-refractivity contribution in [1.29, 1.82) is 0 Å². The summed E-state index contributed by atoms with van der Waals surface area (Å²) >= 11 is 0. The third-order valence-corrected chi connectivity index (χ3v) is 10.9. The molecule has 5 nitrogen and oxygen atoms in total. The molecule has 0 unspecified atom stereocenters. The molecule has 2 atom stereocenters. The van der Waals surface area contributed by atoms with E-state index in [1.807, 2.05) is 24.4 Å². The molecule has 3 heterocycles. The van der Waals surface area contributed by atoms with Gasteiger partial charge in [-0.05, 0) is 65.5 Å². The summed E-state index contributed by atoms with van der Waals surface area (Å²) in [6.45, 7) is 22.0. The van der Waals surface area contributed by atoms with Gasteiger partial charge in [-0.2, -0.15) is 6.07 Å². The Kier molecular flexibility index (Phi) is 9.38. The number of pyridine rings is 1. The summed E-state index contributed by atoms with van der Waals surface area (Å²) in [6, 6.07) is 38.7. The van der Waals surface area contributed by atoms with Crippen LogP contribution in [-0.4, -0.2) is 16.4 Å². The summed E-state index contributed by atoms with van der Waals surface area (Å²) < 4.78 is 13.4. The van der Waals surface area contributed by atoms with Crippen LogP contribution < -0.4 is 9.64 Å². The van der Waals surface area contributed by atoms with E-state index in [-0.39, 0.29) is 37.8 Å². The Morgan fingerprint density at radius 2 is 1.51 bits per heavy atom. The van der Waals surface area contributed by atoms with E-state index in [0.29, 0.717) is 17.4 Å². The van der Waals surface area contributed by atoms with Crippen molar-refractivity contribution in [3.05, 3.63) is 143 Å². The normalized spacial score (nSPS) is 20.5. The van der Waals surface area contributed by atoms with Crippen LogP contribution in [0.4, 0.5) is 17.2 Å². The quantitative estimate of drug-likeness (QED) is 0.160. The number of benzene rings is 4. The van der Waals surface area contributed by atoms with E-state index in [0.717, 1.165) is 39.4 Å². The Morgan fingerprint density at radius 3 is 2.22 bits per heavy atom. The number of hydrogen-bond donors (Lipinski definition) is 0. The van der Waals surface area contributed by atoms with Crippen molar-refractivity contribution in [2.24, 2.45) is 10.9 Å². The molecule has 0 saturated carbocycles. The Morgan fingerprint density at radius 1 is 0.804 bits per heavy atom. The second-order valence-electron chi connectivity index (χ2n) is 16.0. The van der Waals surface area contributed by atoms with Crippen LogP contribution in [0.5, 0.6) is 11.5 Å². The number of hydrogen-bond acceptors (Lipinski definition) is 5. The number of aryl methyl sites for hydroxylation is 1. The molecule has 7 rings (SSSR count). The SMILES string of the molecule is Cc1cc(Oc2[c-]c3c(cc2)C(C)(C)c2ccccc2N3c2cc(C(C)(C)C)ccn2)[c-]c(C2=N[C@](C)(C(C)C)[C@@](C)(c3ccccc3)O2)c1.[Pt+2]. The van der Waals surface area contributed by atoms with Crippen LogP contribution >= 0.6 is 0 Å². The van der Waals surface area contributed by atoms with Crippen molar-refractivity contribution in [1.82, 2.24) is 4.98 Å². The molecule has 5 aromatic rings. The average molecular weight is 857 g/mol. The molecular weight excluding hydrogens is 810 g/mol. The van der Waals surface area contributed by atoms with Crippen LogP contribution in [0.2, 0.25) is 0 Å². The van der Waals surface area contributed by atoms with Gasteiger partial charge < -0.3 is 14.4 Å². The molecule has 2 aliphatic rings. The Hall–Kier alpha value is -4.21. The fourth-order valence-corrected chi connectivity index (χ4v) is 7.42. The minimum Gasteiger partial charge on any atom is -0.508 e. The smallest absolute Gasteiger partial charge is 0.508 e. The zero-order valence-electron chi connectivity index (χ0n) is 31.3. The predicted octanol–water partition coefficient (Wildman–Crippen LogP) is 11.3. The van der Waals surface area contributed by atoms with E-state index in [1.54, 1.807) is 0 Å². The maximum Gasteiger partial charge on any atom is 2.00 e. The minimum absolute atomic E-state index is 0. The van der Waals surface area contributed by atoms with Crippen molar-refractivity contribution in [3.63, 3.8) is 0 Å². The van der Waals surface area contributed by atoms with Crippen LogP contribution in [-0.2, 0) is 42.2 Å². The first-order valence-corrected chi connectivity index (χ1v) is 17.6. The summed E-state index contributed by atoms with van der Waals surface area (Å²) in [5.41, 5.74) is 7.10. The average Bonchev–Trinajstić information content (AvgIpc) is 3.37. The molecule has 0 bridgehead atoms. The van der Waals surface area contributed by atoms with Crippen LogP contribution in [0.1, 0.15) is 95.7 Å². The van der Waals surface area contributed by atoms with Crippen molar-refractivity contribution >= 4 is 23.1 Å². The van der Waals surface area contributed by atoms with Crippen molar-refractivity contribution in [2.75, 3.05) is 4.90 Å². The van der Waals surface area contributed by atoms with Gasteiger partial charge in [-0.15, -0.1) is 29.3 Å². The second kappa shape index (κ2) is 13.1. The van der Waals surface area contributed by atoms with Crippen LogP contribution in [0.25, 0.3) is 0 Å². The maximum absolute atomic E-state index is 6.83. The number of fused-ring (bicyclic) bond motifs is 2. The molecule has 0 amide bonds. The number of anilines is 3. The minimum atomic E-state index is -0.645. The molecule has 0 fully saturated rings. The van der Waals surface area contributed by atoms with Crippen molar-refractivity contribution in [3.8, 4) is 11.5 Å². The molecule has 0 radical (unpaired) electrons. The standard InChI is InChI=1S/C45H47N3O2.Pt/c1-29(2)44(9)45(10,32-16-12-11-13-17-32)50-41(47-44)31-24-30(3)25-35(26-31)49-34-20-21-37-39(28-34)48(38-19-15-14-18-36(38)43(37,7)8)40-27-33(22-23-46-40)42(4,5)6;/h11-25,27,29H,1-10H3;/q-2;+2/t44-,45-;/m1./s1. The van der Waals surface area contributed by atoms with Crippen LogP contribution in [0.3, 0.4) is 0 Å². The van der Waals surface area contributed by atoms with Gasteiger partial charge in [0.1, 0.15) is 17.3 Å². The number of nitrogens with zero attached hydrogens (tertiary/aromatic N) is 3. The first-order chi connectivity index (χ1) is 23.6. The van der Waals surface area contributed by atoms with E-state index in [1.165, 1.54) is 11.1 Å². The van der Waals surface area contributed by atoms with E-state index >= 15 is 0 Å². The molecular formula is C45H47N3O2Pt. The second-order valence-corrected chi connectivity index (χ2v) is 16.0. The molecule has 0 N–H and O–H groups in total. The zero-order chi connectivity index (χ0) is 35.6. The summed E-state index contributed by atoms with van der Waals surface area (Å²) in [7, 11) is 0. The largest absolute Gasteiger partial charge is 2.00 e. The summed E-state index contributed by atoms with van der Waals surface area (Å²) in [4.78, 5) is 12.4. The van der Waals surface area contributed by atoms with Gasteiger partial charge in [0.05, 0.1) is 5.54 Å². The van der Waals surface area contributed by atoms with Gasteiger partial charge in [-0.25, -0.2) is 4.98 Å². The van der Waals surface area contributed by atoms with Crippen molar-refractivity contribution < 1.29 is 30.5 Å². The van der Waals surface area contributed by atoms with Gasteiger partial charge >= 0.3 is 21.1 Å². The third-order valence-electron chi connectivity index (χ3n) is 10.9. The molecule has 264 valence electrons. The molecule has 0 saturated heterocycles. The maximum atomic E-state index is 6.83. The molecule has 6 heteroatoms. The van der Waals surface area contributed by atoms with E-state index in [4.69, 9.17) is 19.5 Å². The number of para-hydroxylation sites is 1. The molecule has 0 aliphatic carbocycles. The third kappa shape index (κ3) is 6.22. The molecule has 0 spiro atoms. The fraction of sp³-hybridized carbons (Fsp3) is 0.333. The first-order valence-electron chi connectivity index (χ1n) is 17.6. The number of ether oxygens (including phenoxy) is 2. The van der Waals surface area contributed by atoms with Crippen molar-refractivity contribution in [2.45, 2.75) is 91.2 Å². The van der Waals surface area contributed by atoms with E-state index in [2.05, 4.69) is 159 Å². The van der Waals surface area contributed by atoms with E-state index in [9.17, 15) is 0 Å². The first kappa shape index (κ1) is 36.6. The van der Waals surface area contributed by atoms with Gasteiger partial charge in [0.2, 0.25) is 0 Å². The summed E-state index contributed by atoms with van der Waals surface area (Å²) in [6.07, 6.45) is 1.91. The Bertz CT molecular complexity index is 2120. The van der Waals surface area contributed by atoms with Gasteiger partial charge in [-0.3, -0.25) is 4.99 Å². The Labute approximate surface area is 318 Å². The van der Waals surface area contributed by atoms with Crippen LogP contribution in [0, 0.1) is 25.0 Å². The fourth-order valence-electron chi connectivity index (χ4n) is 7.42. The van der Waals surface area contributed by atoms with Gasteiger partial charge in [0.25, 0.3) is 0 Å². The van der Waals surface area contributed by atoms with Gasteiger partial charge in [0.15, 0.2) is 0 Å². The topological polar surface area (TPSA) is 47.0 Å². The van der Waals surface area contributed by atoms with E-state index < -0.39 is 11.1 Å². The molecule has 1 aromatic heterocycles. The summed E-state index contributed by atoms with van der Waals surface area (Å²) in [5.74, 6) is 2.83. The Balaban J connectivity index is 0.00000448. The number of rotatable bonds is 6. The monoisotopic (exact) mass is 856 g/mol. The number of aromatic nitrogens is 1. The predicted molar refractivity (Wildman–Crippen MR) is 203 cm³/mol. The molecule has 51 heavy (non-hydrogen) atoms.